The van der Waals surface area contributed by atoms with Gasteiger partial charge in [0.25, 0.3) is 5.91 Å². The smallest absolute Gasteiger partial charge is 0.305 e. The molecule has 0 aromatic heterocycles. The van der Waals surface area contributed by atoms with Crippen LogP contribution in [-0.4, -0.2) is 23.5 Å². The van der Waals surface area contributed by atoms with E-state index >= 15 is 0 Å². The van der Waals surface area contributed by atoms with Crippen molar-refractivity contribution in [3.63, 3.8) is 0 Å². The normalized spacial score (nSPS) is 9.88. The Morgan fingerprint density at radius 1 is 1.31 bits per heavy atom. The zero-order chi connectivity index (χ0) is 12.1. The third-order valence-electron chi connectivity index (χ3n) is 2.25. The number of aryl methyl sites for hydroxylation is 2. The van der Waals surface area contributed by atoms with Crippen molar-refractivity contribution >= 4 is 11.9 Å². The fourth-order valence-electron chi connectivity index (χ4n) is 1.45. The van der Waals surface area contributed by atoms with Gasteiger partial charge in [-0.3, -0.25) is 9.59 Å². The van der Waals surface area contributed by atoms with Crippen LogP contribution in [0, 0.1) is 13.8 Å². The summed E-state index contributed by atoms with van der Waals surface area (Å²) in [6.07, 6.45) is -0.0589. The van der Waals surface area contributed by atoms with Gasteiger partial charge in [0.15, 0.2) is 0 Å². The topological polar surface area (TPSA) is 66.4 Å². The third kappa shape index (κ3) is 3.38. The Labute approximate surface area is 94.3 Å². The monoisotopic (exact) mass is 221 g/mol. The lowest BCUT2D eigenvalue weighted by molar-refractivity contribution is -0.136. The van der Waals surface area contributed by atoms with Crippen molar-refractivity contribution in [1.82, 2.24) is 5.32 Å². The molecule has 0 aliphatic rings. The van der Waals surface area contributed by atoms with Gasteiger partial charge in [-0.2, -0.15) is 0 Å². The molecule has 1 aromatic carbocycles. The van der Waals surface area contributed by atoms with E-state index in [1.807, 2.05) is 26.0 Å². The fraction of sp³-hybridized carbons (Fsp3) is 0.333. The fourth-order valence-corrected chi connectivity index (χ4v) is 1.45. The van der Waals surface area contributed by atoms with Crippen molar-refractivity contribution in [3.05, 3.63) is 34.9 Å². The van der Waals surface area contributed by atoms with E-state index in [1.165, 1.54) is 0 Å². The Bertz CT molecular complexity index is 413. The van der Waals surface area contributed by atoms with Crippen LogP contribution in [0.1, 0.15) is 27.9 Å². The molecule has 1 aromatic rings. The minimum absolute atomic E-state index is 0.0589. The minimum Gasteiger partial charge on any atom is -0.481 e. The quantitative estimate of drug-likeness (QED) is 0.809. The number of nitrogens with one attached hydrogen (secondary N) is 1. The largest absolute Gasteiger partial charge is 0.481 e. The number of aliphatic carboxylic acids is 1. The Morgan fingerprint density at radius 3 is 2.56 bits per heavy atom. The van der Waals surface area contributed by atoms with E-state index in [1.54, 1.807) is 6.07 Å². The molecule has 0 heterocycles. The van der Waals surface area contributed by atoms with Crippen LogP contribution in [0.15, 0.2) is 18.2 Å². The molecule has 0 saturated heterocycles. The number of rotatable bonds is 4. The summed E-state index contributed by atoms with van der Waals surface area (Å²) >= 11 is 0. The molecule has 2 N–H and O–H groups in total. The van der Waals surface area contributed by atoms with Crippen molar-refractivity contribution in [1.29, 1.82) is 0 Å². The summed E-state index contributed by atoms with van der Waals surface area (Å²) in [5.74, 6) is -1.14. The van der Waals surface area contributed by atoms with Crippen LogP contribution in [0.25, 0.3) is 0 Å². The maximum absolute atomic E-state index is 11.7. The lowest BCUT2D eigenvalue weighted by Crippen LogP contribution is -2.26. The molecule has 0 unspecified atom stereocenters. The number of amides is 1. The summed E-state index contributed by atoms with van der Waals surface area (Å²) in [5.41, 5.74) is 2.59. The second kappa shape index (κ2) is 5.30. The maximum Gasteiger partial charge on any atom is 0.305 e. The van der Waals surface area contributed by atoms with E-state index in [9.17, 15) is 9.59 Å². The predicted octanol–water partition coefficient (Wildman–Crippen LogP) is 1.51. The standard InChI is InChI=1S/C12H15NO3/c1-8-3-4-10(9(2)7-8)12(16)13-6-5-11(14)15/h3-4,7H,5-6H2,1-2H3,(H,13,16)(H,14,15). The Kier molecular flexibility index (Phi) is 4.05. The van der Waals surface area contributed by atoms with Gasteiger partial charge in [0.1, 0.15) is 0 Å². The van der Waals surface area contributed by atoms with Crippen molar-refractivity contribution in [3.8, 4) is 0 Å². The molecule has 0 aliphatic heterocycles. The highest BCUT2D eigenvalue weighted by atomic mass is 16.4. The van der Waals surface area contributed by atoms with Gasteiger partial charge >= 0.3 is 5.97 Å². The van der Waals surface area contributed by atoms with Crippen molar-refractivity contribution in [2.75, 3.05) is 6.54 Å². The third-order valence-corrected chi connectivity index (χ3v) is 2.25. The van der Waals surface area contributed by atoms with Crippen LogP contribution < -0.4 is 5.32 Å². The van der Waals surface area contributed by atoms with Crippen LogP contribution in [0.2, 0.25) is 0 Å². The molecule has 0 fully saturated rings. The first-order chi connectivity index (χ1) is 7.50. The molecular formula is C12H15NO3. The van der Waals surface area contributed by atoms with Crippen LogP contribution in [0.4, 0.5) is 0 Å². The van der Waals surface area contributed by atoms with Gasteiger partial charge in [0.05, 0.1) is 6.42 Å². The molecule has 4 heteroatoms. The van der Waals surface area contributed by atoms with Crippen molar-refractivity contribution in [2.24, 2.45) is 0 Å². The maximum atomic E-state index is 11.7. The average Bonchev–Trinajstić information content (AvgIpc) is 2.16. The van der Waals surface area contributed by atoms with Crippen molar-refractivity contribution in [2.45, 2.75) is 20.3 Å². The molecule has 0 atom stereocenters. The SMILES string of the molecule is Cc1ccc(C(=O)NCCC(=O)O)c(C)c1. The van der Waals surface area contributed by atoms with Crippen molar-refractivity contribution < 1.29 is 14.7 Å². The van der Waals surface area contributed by atoms with E-state index in [4.69, 9.17) is 5.11 Å². The number of carboxylic acid groups (broad SMARTS) is 1. The summed E-state index contributed by atoms with van der Waals surface area (Å²) in [6.45, 7) is 3.97. The highest BCUT2D eigenvalue weighted by molar-refractivity contribution is 5.95. The number of benzene rings is 1. The van der Waals surface area contributed by atoms with Gasteiger partial charge in [-0.1, -0.05) is 17.7 Å². The number of carbonyl (C=O) groups is 2. The lowest BCUT2D eigenvalue weighted by atomic mass is 10.1. The van der Waals surface area contributed by atoms with E-state index in [0.29, 0.717) is 5.56 Å². The van der Waals surface area contributed by atoms with Crippen LogP contribution in [0.5, 0.6) is 0 Å². The first kappa shape index (κ1) is 12.2. The molecule has 0 spiro atoms. The molecule has 0 radical (unpaired) electrons. The molecular weight excluding hydrogens is 206 g/mol. The molecule has 4 nitrogen and oxygen atoms in total. The summed E-state index contributed by atoms with van der Waals surface area (Å²) in [7, 11) is 0. The summed E-state index contributed by atoms with van der Waals surface area (Å²) < 4.78 is 0. The second-order valence-corrected chi connectivity index (χ2v) is 3.72. The zero-order valence-corrected chi connectivity index (χ0v) is 9.41. The first-order valence-corrected chi connectivity index (χ1v) is 5.08. The van der Waals surface area contributed by atoms with Crippen LogP contribution in [-0.2, 0) is 4.79 Å². The number of carbonyl (C=O) groups excluding carboxylic acids is 1. The van der Waals surface area contributed by atoms with Gasteiger partial charge in [0.2, 0.25) is 0 Å². The molecule has 0 saturated carbocycles. The summed E-state index contributed by atoms with van der Waals surface area (Å²) in [5, 5.41) is 11.0. The van der Waals surface area contributed by atoms with Crippen LogP contribution >= 0.6 is 0 Å². The highest BCUT2D eigenvalue weighted by Gasteiger charge is 2.08. The minimum atomic E-state index is -0.916. The molecule has 1 rings (SSSR count). The average molecular weight is 221 g/mol. The number of carboxylic acids is 1. The Balaban J connectivity index is 2.63. The molecule has 0 bridgehead atoms. The number of hydrogen-bond donors (Lipinski definition) is 2. The summed E-state index contributed by atoms with van der Waals surface area (Å²) in [6, 6.07) is 5.53. The second-order valence-electron chi connectivity index (χ2n) is 3.72. The highest BCUT2D eigenvalue weighted by Crippen LogP contribution is 2.10. The van der Waals surface area contributed by atoms with Gasteiger partial charge in [-0.15, -0.1) is 0 Å². The lowest BCUT2D eigenvalue weighted by Gasteiger charge is -2.07. The Hall–Kier alpha value is -1.84. The predicted molar refractivity (Wildman–Crippen MR) is 60.5 cm³/mol. The molecule has 86 valence electrons. The van der Waals surface area contributed by atoms with E-state index in [2.05, 4.69) is 5.32 Å². The van der Waals surface area contributed by atoms with Crippen LogP contribution in [0.3, 0.4) is 0 Å². The van der Waals surface area contributed by atoms with Gasteiger partial charge in [-0.25, -0.2) is 0 Å². The van der Waals surface area contributed by atoms with Gasteiger partial charge in [0, 0.05) is 12.1 Å². The van der Waals surface area contributed by atoms with Gasteiger partial charge in [-0.05, 0) is 25.5 Å². The van der Waals surface area contributed by atoms with E-state index < -0.39 is 5.97 Å². The number of hydrogen-bond acceptors (Lipinski definition) is 2. The van der Waals surface area contributed by atoms with E-state index in [0.717, 1.165) is 11.1 Å². The molecule has 16 heavy (non-hydrogen) atoms. The Morgan fingerprint density at radius 2 is 2.00 bits per heavy atom. The first-order valence-electron chi connectivity index (χ1n) is 5.08. The molecule has 1 amide bonds. The van der Waals surface area contributed by atoms with E-state index in [-0.39, 0.29) is 18.9 Å². The molecule has 0 aliphatic carbocycles. The summed E-state index contributed by atoms with van der Waals surface area (Å²) in [4.78, 5) is 21.9. The van der Waals surface area contributed by atoms with Gasteiger partial charge < -0.3 is 10.4 Å². The zero-order valence-electron chi connectivity index (χ0n) is 9.41.